The Kier molecular flexibility index (Phi) is 5.71. The van der Waals surface area contributed by atoms with Crippen LogP contribution in [0.5, 0.6) is 0 Å². The summed E-state index contributed by atoms with van der Waals surface area (Å²) in [4.78, 5) is 35.5. The van der Waals surface area contributed by atoms with Crippen molar-refractivity contribution in [2.24, 2.45) is 0 Å². The fourth-order valence-electron chi connectivity index (χ4n) is 2.04. The van der Waals surface area contributed by atoms with E-state index in [-0.39, 0.29) is 24.9 Å². The van der Waals surface area contributed by atoms with Crippen LogP contribution < -0.4 is 0 Å². The van der Waals surface area contributed by atoms with E-state index in [0.29, 0.717) is 13.0 Å². The second-order valence-corrected chi connectivity index (χ2v) is 6.15. The van der Waals surface area contributed by atoms with E-state index in [1.165, 1.54) is 4.90 Å². The molecule has 0 bridgehead atoms. The third-order valence-electron chi connectivity index (χ3n) is 3.00. The fourth-order valence-corrected chi connectivity index (χ4v) is 2.04. The zero-order valence-corrected chi connectivity index (χ0v) is 12.9. The van der Waals surface area contributed by atoms with E-state index < -0.39 is 23.8 Å². The molecule has 0 unspecified atom stereocenters. The molecular weight excluding hydrogens is 278 g/mol. The summed E-state index contributed by atoms with van der Waals surface area (Å²) in [5, 5.41) is 8.84. The number of ether oxygens (including phenoxy) is 2. The Morgan fingerprint density at radius 1 is 1.33 bits per heavy atom. The average Bonchev–Trinajstić information content (AvgIpc) is 2.74. The quantitative estimate of drug-likeness (QED) is 0.610. The molecule has 120 valence electrons. The van der Waals surface area contributed by atoms with Crippen molar-refractivity contribution in [3.8, 4) is 0 Å². The minimum absolute atomic E-state index is 0.249. The monoisotopic (exact) mass is 301 g/mol. The molecule has 1 heterocycles. The van der Waals surface area contributed by atoms with Crippen LogP contribution >= 0.6 is 0 Å². The molecule has 7 heteroatoms. The molecule has 1 aliphatic heterocycles. The smallest absolute Gasteiger partial charge is 0.407 e. The Bertz CT molecular complexity index is 414. The molecule has 0 saturated carbocycles. The van der Waals surface area contributed by atoms with Gasteiger partial charge < -0.3 is 19.5 Å². The molecule has 0 aromatic heterocycles. The molecule has 1 fully saturated rings. The van der Waals surface area contributed by atoms with Gasteiger partial charge in [0, 0.05) is 6.54 Å². The van der Waals surface area contributed by atoms with Gasteiger partial charge in [-0.15, -0.1) is 0 Å². The molecule has 0 radical (unpaired) electrons. The van der Waals surface area contributed by atoms with Crippen LogP contribution in [-0.4, -0.2) is 58.8 Å². The van der Waals surface area contributed by atoms with Crippen molar-refractivity contribution < 1.29 is 29.0 Å². The first-order valence-electron chi connectivity index (χ1n) is 6.96. The van der Waals surface area contributed by atoms with Gasteiger partial charge in [-0.3, -0.25) is 9.59 Å². The number of hydrogen-bond donors (Lipinski definition) is 1. The molecule has 1 amide bonds. The summed E-state index contributed by atoms with van der Waals surface area (Å²) in [6.45, 7) is 7.40. The lowest BCUT2D eigenvalue weighted by molar-refractivity contribution is -0.158. The van der Waals surface area contributed by atoms with Crippen LogP contribution in [0.3, 0.4) is 0 Å². The molecule has 7 nitrogen and oxygen atoms in total. The van der Waals surface area contributed by atoms with Gasteiger partial charge in [0.25, 0.3) is 0 Å². The van der Waals surface area contributed by atoms with Crippen molar-refractivity contribution >= 4 is 17.8 Å². The summed E-state index contributed by atoms with van der Waals surface area (Å²) < 4.78 is 10.6. The molecule has 0 aliphatic carbocycles. The number of likely N-dealkylation sites (tertiary alicyclic amines) is 1. The van der Waals surface area contributed by atoms with Crippen molar-refractivity contribution in [3.63, 3.8) is 0 Å². The van der Waals surface area contributed by atoms with Gasteiger partial charge in [-0.1, -0.05) is 0 Å². The van der Waals surface area contributed by atoms with Crippen molar-refractivity contribution in [2.45, 2.75) is 58.3 Å². The zero-order chi connectivity index (χ0) is 16.2. The molecule has 0 aromatic rings. The Balaban J connectivity index is 2.38. The molecule has 1 rings (SSSR count). The van der Waals surface area contributed by atoms with Crippen LogP contribution in [0, 0.1) is 0 Å². The minimum atomic E-state index is -0.992. The number of Topliss-reactive ketones (excluding diaryl/α,β-unsaturated/α-hetero) is 1. The second-order valence-electron chi connectivity index (χ2n) is 6.15. The van der Waals surface area contributed by atoms with E-state index in [2.05, 4.69) is 0 Å². The van der Waals surface area contributed by atoms with Crippen LogP contribution in [0.15, 0.2) is 0 Å². The molecule has 0 aromatic carbocycles. The number of ketones is 1. The van der Waals surface area contributed by atoms with Gasteiger partial charge in [0.2, 0.25) is 0 Å². The van der Waals surface area contributed by atoms with E-state index in [1.54, 1.807) is 27.7 Å². The highest BCUT2D eigenvalue weighted by molar-refractivity contribution is 5.97. The van der Waals surface area contributed by atoms with E-state index >= 15 is 0 Å². The largest absolute Gasteiger partial charge is 0.465 e. The molecule has 1 saturated heterocycles. The van der Waals surface area contributed by atoms with Gasteiger partial charge in [-0.05, 0) is 34.1 Å². The number of carbonyl (C=O) groups excluding carboxylic acids is 2. The average molecular weight is 301 g/mol. The summed E-state index contributed by atoms with van der Waals surface area (Å²) >= 11 is 0. The molecule has 21 heavy (non-hydrogen) atoms. The Morgan fingerprint density at radius 2 is 1.95 bits per heavy atom. The normalized spacial score (nSPS) is 20.2. The number of amides is 1. The maximum atomic E-state index is 11.9. The highest BCUT2D eigenvalue weighted by Gasteiger charge is 2.30. The lowest BCUT2D eigenvalue weighted by Crippen LogP contribution is -2.33. The van der Waals surface area contributed by atoms with Gasteiger partial charge >= 0.3 is 12.1 Å². The third kappa shape index (κ3) is 6.12. The summed E-state index contributed by atoms with van der Waals surface area (Å²) in [6.07, 6.45) is -1.84. The highest BCUT2D eigenvalue weighted by Crippen LogP contribution is 2.16. The van der Waals surface area contributed by atoms with Crippen LogP contribution in [0.25, 0.3) is 0 Å². The predicted octanol–water partition coefficient (Wildman–Crippen LogP) is 1.44. The van der Waals surface area contributed by atoms with Gasteiger partial charge in [0.1, 0.15) is 18.1 Å². The number of hydrogen-bond acceptors (Lipinski definition) is 5. The predicted molar refractivity (Wildman–Crippen MR) is 74.0 cm³/mol. The molecule has 2 atom stereocenters. The number of esters is 1. The summed E-state index contributed by atoms with van der Waals surface area (Å²) in [5.41, 5.74) is -0.630. The van der Waals surface area contributed by atoms with E-state index in [1.807, 2.05) is 0 Å². The number of rotatable bonds is 5. The highest BCUT2D eigenvalue weighted by atomic mass is 16.6. The van der Waals surface area contributed by atoms with Crippen molar-refractivity contribution in [3.05, 3.63) is 0 Å². The first kappa shape index (κ1) is 17.4. The maximum absolute atomic E-state index is 11.9. The summed E-state index contributed by atoms with van der Waals surface area (Å²) in [5.74, 6) is -0.945. The lowest BCUT2D eigenvalue weighted by atomic mass is 10.1. The van der Waals surface area contributed by atoms with E-state index in [0.717, 1.165) is 0 Å². The minimum Gasteiger partial charge on any atom is -0.465 e. The molecule has 1 N–H and O–H groups in total. The Hall–Kier alpha value is -1.63. The van der Waals surface area contributed by atoms with Crippen LogP contribution in [0.1, 0.15) is 40.5 Å². The zero-order valence-electron chi connectivity index (χ0n) is 12.9. The number of nitrogens with zero attached hydrogens (tertiary/aromatic N) is 1. The Labute approximate surface area is 124 Å². The van der Waals surface area contributed by atoms with Crippen LogP contribution in [0.4, 0.5) is 4.79 Å². The number of carbonyl (C=O) groups is 3. The SMILES string of the molecule is C[C@H](O[C@@H]1CCN(C(=O)O)C1)C(=O)CC(=O)OC(C)(C)C. The van der Waals surface area contributed by atoms with E-state index in [9.17, 15) is 14.4 Å². The van der Waals surface area contributed by atoms with Gasteiger partial charge in [-0.2, -0.15) is 0 Å². The topological polar surface area (TPSA) is 93.1 Å². The van der Waals surface area contributed by atoms with Crippen molar-refractivity contribution in [1.82, 2.24) is 4.90 Å². The van der Waals surface area contributed by atoms with Crippen molar-refractivity contribution in [1.29, 1.82) is 0 Å². The molecule has 0 spiro atoms. The van der Waals surface area contributed by atoms with Gasteiger partial charge in [0.15, 0.2) is 5.78 Å². The van der Waals surface area contributed by atoms with Crippen molar-refractivity contribution in [2.75, 3.05) is 13.1 Å². The van der Waals surface area contributed by atoms with Gasteiger partial charge in [0.05, 0.1) is 12.6 Å². The first-order chi connectivity index (χ1) is 9.58. The maximum Gasteiger partial charge on any atom is 0.407 e. The lowest BCUT2D eigenvalue weighted by Gasteiger charge is -2.21. The standard InChI is InChI=1S/C14H23NO6/c1-9(11(16)7-12(17)21-14(2,3)4)20-10-5-6-15(8-10)13(18)19/h9-10H,5-8H2,1-4H3,(H,18,19)/t9-,10+/m0/s1. The summed E-state index contributed by atoms with van der Waals surface area (Å²) in [7, 11) is 0. The Morgan fingerprint density at radius 3 is 2.43 bits per heavy atom. The second kappa shape index (κ2) is 6.89. The number of carboxylic acid groups (broad SMARTS) is 1. The van der Waals surface area contributed by atoms with Crippen LogP contribution in [-0.2, 0) is 19.1 Å². The molecular formula is C14H23NO6. The summed E-state index contributed by atoms with van der Waals surface area (Å²) in [6, 6.07) is 0. The third-order valence-corrected chi connectivity index (χ3v) is 3.00. The first-order valence-corrected chi connectivity index (χ1v) is 6.96. The van der Waals surface area contributed by atoms with Crippen LogP contribution in [0.2, 0.25) is 0 Å². The molecule has 1 aliphatic rings. The fraction of sp³-hybridized carbons (Fsp3) is 0.786. The van der Waals surface area contributed by atoms with Gasteiger partial charge in [-0.25, -0.2) is 4.79 Å². The van der Waals surface area contributed by atoms with E-state index in [4.69, 9.17) is 14.6 Å².